The number of likely N-dealkylation sites (N-methyl/N-ethyl adjacent to an activating group) is 2. The summed E-state index contributed by atoms with van der Waals surface area (Å²) in [5, 5.41) is 10.6. The molecule has 5 heterocycles. The molecular formula is C34H38FN5O3S. The third kappa shape index (κ3) is 5.26. The molecule has 8 nitrogen and oxygen atoms in total. The number of piperidine rings is 1. The molecule has 1 N–H and O–H groups in total. The number of hydrogen-bond acceptors (Lipinski definition) is 7. The Labute approximate surface area is 261 Å². The van der Waals surface area contributed by atoms with E-state index in [1.807, 2.05) is 18.3 Å². The fourth-order valence-corrected chi connectivity index (χ4v) is 8.92. The molecule has 230 valence electrons. The van der Waals surface area contributed by atoms with E-state index in [-0.39, 0.29) is 30.8 Å². The number of fused-ring (bicyclic) bond motifs is 3. The zero-order chi connectivity index (χ0) is 30.5. The lowest BCUT2D eigenvalue weighted by Crippen LogP contribution is -2.43. The van der Waals surface area contributed by atoms with Gasteiger partial charge in [-0.15, -0.1) is 11.3 Å². The molecular weight excluding hydrogens is 577 g/mol. The van der Waals surface area contributed by atoms with E-state index in [0.29, 0.717) is 47.4 Å². The first kappa shape index (κ1) is 29.3. The van der Waals surface area contributed by atoms with Gasteiger partial charge in [0.05, 0.1) is 17.2 Å². The number of aryl methyl sites for hydroxylation is 1. The molecule has 4 aliphatic rings. The largest absolute Gasteiger partial charge is 0.392 e. The van der Waals surface area contributed by atoms with Crippen LogP contribution in [-0.4, -0.2) is 77.7 Å². The molecule has 3 aliphatic heterocycles. The Morgan fingerprint density at radius 2 is 1.86 bits per heavy atom. The molecule has 2 fully saturated rings. The fraction of sp³-hybridized carbons (Fsp3) is 0.471. The number of likely N-dealkylation sites (tertiary alicyclic amines) is 2. The number of pyridine rings is 1. The van der Waals surface area contributed by atoms with Gasteiger partial charge in [0.15, 0.2) is 5.82 Å². The number of nitrogens with zero attached hydrogens (tertiary/aromatic N) is 5. The van der Waals surface area contributed by atoms with E-state index in [0.717, 1.165) is 56.5 Å². The highest BCUT2D eigenvalue weighted by Gasteiger charge is 2.36. The molecule has 2 aromatic heterocycles. The summed E-state index contributed by atoms with van der Waals surface area (Å²) < 4.78 is 15.3. The number of thiophene rings is 1. The van der Waals surface area contributed by atoms with Crippen LogP contribution in [0.5, 0.6) is 0 Å². The average molecular weight is 616 g/mol. The molecule has 3 aromatic rings. The second kappa shape index (κ2) is 11.8. The van der Waals surface area contributed by atoms with Crippen LogP contribution in [0.4, 0.5) is 15.9 Å². The van der Waals surface area contributed by atoms with Crippen molar-refractivity contribution >= 4 is 40.4 Å². The molecule has 2 unspecified atom stereocenters. The molecule has 7 rings (SSSR count). The van der Waals surface area contributed by atoms with Crippen LogP contribution in [0, 0.1) is 5.82 Å². The maximum atomic E-state index is 15.3. The number of carbonyl (C=O) groups is 2. The Morgan fingerprint density at radius 1 is 1.02 bits per heavy atom. The van der Waals surface area contributed by atoms with Crippen molar-refractivity contribution < 1.29 is 19.1 Å². The van der Waals surface area contributed by atoms with Gasteiger partial charge in [0.2, 0.25) is 0 Å². The Morgan fingerprint density at radius 3 is 2.61 bits per heavy atom. The van der Waals surface area contributed by atoms with Crippen molar-refractivity contribution in [3.05, 3.63) is 73.9 Å². The van der Waals surface area contributed by atoms with E-state index < -0.39 is 5.82 Å². The van der Waals surface area contributed by atoms with Crippen LogP contribution in [0.1, 0.15) is 79.9 Å². The molecule has 10 heteroatoms. The second-order valence-corrected chi connectivity index (χ2v) is 13.8. The monoisotopic (exact) mass is 615 g/mol. The van der Waals surface area contributed by atoms with Crippen LogP contribution >= 0.6 is 11.3 Å². The van der Waals surface area contributed by atoms with Gasteiger partial charge in [0.1, 0.15) is 11.5 Å². The van der Waals surface area contributed by atoms with Gasteiger partial charge in [-0.05, 0) is 98.5 Å². The van der Waals surface area contributed by atoms with Crippen LogP contribution in [0.3, 0.4) is 0 Å². The van der Waals surface area contributed by atoms with E-state index in [1.165, 1.54) is 33.7 Å². The quantitative estimate of drug-likeness (QED) is 0.437. The van der Waals surface area contributed by atoms with E-state index in [1.54, 1.807) is 28.2 Å². The Bertz CT molecular complexity index is 1650. The lowest BCUT2D eigenvalue weighted by molar-refractivity contribution is -0.124. The summed E-state index contributed by atoms with van der Waals surface area (Å²) in [4.78, 5) is 43.8. The van der Waals surface area contributed by atoms with Crippen molar-refractivity contribution in [2.75, 3.05) is 45.2 Å². The van der Waals surface area contributed by atoms with Crippen LogP contribution in [0.2, 0.25) is 0 Å². The predicted octanol–water partition coefficient (Wildman–Crippen LogP) is 4.99. The number of halogens is 1. The Balaban J connectivity index is 1.18. The molecule has 2 atom stereocenters. The normalized spacial score (nSPS) is 23.4. The third-order valence-corrected chi connectivity index (χ3v) is 11.2. The van der Waals surface area contributed by atoms with Gasteiger partial charge < -0.3 is 19.8 Å². The summed E-state index contributed by atoms with van der Waals surface area (Å²) in [6.45, 7) is 2.52. The summed E-state index contributed by atoms with van der Waals surface area (Å²) in [5.41, 5.74) is 5.58. The fourth-order valence-electron chi connectivity index (χ4n) is 7.54. The lowest BCUT2D eigenvalue weighted by atomic mass is 9.85. The minimum atomic E-state index is -0.468. The SMILES string of the molecule is CN1CCC(c2ccc(N=C3CC(c4cc(F)cc(N5CCc6c(sc7c6CCCC7)C5=O)c4CO)CN(C)C3=O)nc2)C1. The van der Waals surface area contributed by atoms with E-state index in [2.05, 4.69) is 21.9 Å². The molecule has 2 saturated heterocycles. The summed E-state index contributed by atoms with van der Waals surface area (Å²) in [6.07, 6.45) is 8.30. The van der Waals surface area contributed by atoms with E-state index in [9.17, 15) is 14.7 Å². The maximum absolute atomic E-state index is 15.3. The van der Waals surface area contributed by atoms with Crippen molar-refractivity contribution in [2.45, 2.75) is 63.4 Å². The highest BCUT2D eigenvalue weighted by Crippen LogP contribution is 2.41. The van der Waals surface area contributed by atoms with Crippen LogP contribution in [0.15, 0.2) is 35.5 Å². The summed E-state index contributed by atoms with van der Waals surface area (Å²) in [7, 11) is 3.83. The van der Waals surface area contributed by atoms with Gasteiger partial charge >= 0.3 is 0 Å². The minimum Gasteiger partial charge on any atom is -0.392 e. The molecule has 0 radical (unpaired) electrons. The Hall–Kier alpha value is -3.47. The average Bonchev–Trinajstić information content (AvgIpc) is 3.63. The Kier molecular flexibility index (Phi) is 7.84. The summed E-state index contributed by atoms with van der Waals surface area (Å²) in [6, 6.07) is 6.70. The number of rotatable bonds is 5. The zero-order valence-corrected chi connectivity index (χ0v) is 26.1. The molecule has 44 heavy (non-hydrogen) atoms. The van der Waals surface area contributed by atoms with E-state index >= 15 is 4.39 Å². The number of aromatic nitrogens is 1. The van der Waals surface area contributed by atoms with Gasteiger partial charge in [-0.25, -0.2) is 14.4 Å². The van der Waals surface area contributed by atoms with E-state index in [4.69, 9.17) is 0 Å². The standard InChI is InChI=1S/C34H38FN5O3S/c1-38-11-9-21(17-38)20-7-8-31(36-16-20)37-28-13-22(18-39(2)33(28)42)26-14-23(35)15-29(27(26)19-41)40-12-10-25-24-5-3-4-6-30(24)44-32(25)34(40)43/h7-8,14-16,21-22,41H,3-6,9-13,17-19H2,1-2H3. The first-order valence-corrected chi connectivity index (χ1v) is 16.5. The number of carbonyl (C=O) groups excluding carboxylic acids is 2. The number of aliphatic hydroxyl groups excluding tert-OH is 1. The van der Waals surface area contributed by atoms with Crippen molar-refractivity contribution in [1.82, 2.24) is 14.8 Å². The number of amides is 2. The molecule has 0 bridgehead atoms. The first-order chi connectivity index (χ1) is 21.3. The molecule has 1 aliphatic carbocycles. The number of aliphatic hydroxyl groups is 1. The topological polar surface area (TPSA) is 89.3 Å². The number of hydrogen-bond donors (Lipinski definition) is 1. The minimum absolute atomic E-state index is 0.117. The van der Waals surface area contributed by atoms with Crippen LogP contribution in [-0.2, 0) is 30.7 Å². The number of aliphatic imine (C=N–C) groups is 1. The van der Waals surface area contributed by atoms with Crippen molar-refractivity contribution in [3.63, 3.8) is 0 Å². The lowest BCUT2D eigenvalue weighted by Gasteiger charge is -2.34. The maximum Gasteiger partial charge on any atom is 0.268 e. The predicted molar refractivity (Wildman–Crippen MR) is 170 cm³/mol. The molecule has 1 aromatic carbocycles. The third-order valence-electron chi connectivity index (χ3n) is 9.83. The smallest absolute Gasteiger partial charge is 0.268 e. The van der Waals surface area contributed by atoms with Gasteiger partial charge in [-0.1, -0.05) is 6.07 Å². The molecule has 0 spiro atoms. The number of benzene rings is 1. The van der Waals surface area contributed by atoms with Crippen molar-refractivity contribution in [2.24, 2.45) is 4.99 Å². The van der Waals surface area contributed by atoms with Crippen LogP contribution in [0.25, 0.3) is 0 Å². The highest BCUT2D eigenvalue weighted by molar-refractivity contribution is 7.14. The summed E-state index contributed by atoms with van der Waals surface area (Å²) in [5.74, 6) is -0.159. The van der Waals surface area contributed by atoms with Gasteiger partial charge in [-0.2, -0.15) is 0 Å². The van der Waals surface area contributed by atoms with Gasteiger partial charge in [0.25, 0.3) is 11.8 Å². The van der Waals surface area contributed by atoms with Gasteiger partial charge in [-0.3, -0.25) is 9.59 Å². The number of anilines is 1. The van der Waals surface area contributed by atoms with Crippen molar-refractivity contribution in [3.8, 4) is 0 Å². The zero-order valence-electron chi connectivity index (χ0n) is 25.3. The summed E-state index contributed by atoms with van der Waals surface area (Å²) >= 11 is 1.59. The molecule has 0 saturated carbocycles. The molecule has 2 amide bonds. The van der Waals surface area contributed by atoms with Gasteiger partial charge in [0, 0.05) is 55.7 Å². The highest BCUT2D eigenvalue weighted by atomic mass is 32.1. The first-order valence-electron chi connectivity index (χ1n) is 15.7. The second-order valence-electron chi connectivity index (χ2n) is 12.7. The van der Waals surface area contributed by atoms with Crippen molar-refractivity contribution in [1.29, 1.82) is 0 Å². The van der Waals surface area contributed by atoms with Crippen LogP contribution < -0.4 is 4.90 Å².